The van der Waals surface area contributed by atoms with Crippen LogP contribution in [0, 0.1) is 27.7 Å². The monoisotopic (exact) mass is 520 g/mol. The van der Waals surface area contributed by atoms with Crippen LogP contribution in [0.25, 0.3) is 39.1 Å². The van der Waals surface area contributed by atoms with Crippen molar-refractivity contribution in [1.82, 2.24) is 14.2 Å². The maximum absolute atomic E-state index is 13.6. The molecule has 0 aliphatic carbocycles. The van der Waals surface area contributed by atoms with Crippen molar-refractivity contribution in [3.05, 3.63) is 116 Å². The molecule has 0 radical (unpaired) electrons. The predicted octanol–water partition coefficient (Wildman–Crippen LogP) is 7.37. The van der Waals surface area contributed by atoms with E-state index in [1.54, 1.807) is 24.4 Å². The van der Waals surface area contributed by atoms with E-state index in [1.165, 1.54) is 15.8 Å². The number of fused-ring (bicyclic) bond motifs is 2. The van der Waals surface area contributed by atoms with Gasteiger partial charge < -0.3 is 8.98 Å². The molecule has 6 aromatic rings. The molecule has 0 amide bonds. The van der Waals surface area contributed by atoms with Gasteiger partial charge in [-0.25, -0.2) is 4.98 Å². The Morgan fingerprint density at radius 3 is 2.61 bits per heavy atom. The Kier molecular flexibility index (Phi) is 5.77. The molecule has 3 heterocycles. The summed E-state index contributed by atoms with van der Waals surface area (Å²) in [5, 5.41) is 6.56. The molecular formula is C31H25ClN4O2. The van der Waals surface area contributed by atoms with Crippen molar-refractivity contribution >= 4 is 39.7 Å². The lowest BCUT2D eigenvalue weighted by Crippen LogP contribution is -2.20. The van der Waals surface area contributed by atoms with Crippen LogP contribution >= 0.6 is 11.6 Å². The molecule has 0 aliphatic heterocycles. The zero-order chi connectivity index (χ0) is 26.6. The summed E-state index contributed by atoms with van der Waals surface area (Å²) in [4.78, 5) is 18.4. The van der Waals surface area contributed by atoms with Gasteiger partial charge in [-0.3, -0.25) is 4.79 Å². The highest BCUT2D eigenvalue weighted by molar-refractivity contribution is 6.31. The average molecular weight is 521 g/mol. The Hall–Kier alpha value is -4.42. The van der Waals surface area contributed by atoms with Crippen LogP contribution in [-0.2, 0) is 0 Å². The van der Waals surface area contributed by atoms with Crippen molar-refractivity contribution in [1.29, 1.82) is 0 Å². The Balaban J connectivity index is 1.52. The summed E-state index contributed by atoms with van der Waals surface area (Å²) in [6.07, 6.45) is 1.71. The maximum Gasteiger partial charge on any atom is 0.282 e. The van der Waals surface area contributed by atoms with E-state index in [4.69, 9.17) is 21.0 Å². The summed E-state index contributed by atoms with van der Waals surface area (Å²) in [6, 6.07) is 23.0. The molecular weight excluding hydrogens is 496 g/mol. The third-order valence-corrected chi connectivity index (χ3v) is 7.08. The number of para-hydroxylation sites is 1. The summed E-state index contributed by atoms with van der Waals surface area (Å²) in [7, 11) is 0. The van der Waals surface area contributed by atoms with Gasteiger partial charge in [0.25, 0.3) is 5.56 Å². The van der Waals surface area contributed by atoms with E-state index in [2.05, 4.69) is 61.6 Å². The van der Waals surface area contributed by atoms with Crippen LogP contribution in [0.5, 0.6) is 0 Å². The fourth-order valence-electron chi connectivity index (χ4n) is 4.88. The predicted molar refractivity (Wildman–Crippen MR) is 154 cm³/mol. The first-order valence-corrected chi connectivity index (χ1v) is 12.7. The van der Waals surface area contributed by atoms with Gasteiger partial charge in [0.1, 0.15) is 5.58 Å². The summed E-state index contributed by atoms with van der Waals surface area (Å²) >= 11 is 6.18. The van der Waals surface area contributed by atoms with Gasteiger partial charge in [-0.05, 0) is 87.4 Å². The average Bonchev–Trinajstić information content (AvgIpc) is 3.44. The zero-order valence-electron chi connectivity index (χ0n) is 21.5. The molecule has 0 saturated heterocycles. The quantitative estimate of drug-likeness (QED) is 0.228. The first-order chi connectivity index (χ1) is 18.3. The molecule has 0 spiro atoms. The van der Waals surface area contributed by atoms with Gasteiger partial charge in [0.05, 0.1) is 17.1 Å². The molecule has 0 saturated carbocycles. The minimum Gasteiger partial charge on any atom is -0.453 e. The standard InChI is InChI=1S/C31H25ClN4O2/c1-18-9-10-19(2)27(13-18)35-20(3)14-23(21(35)4)17-33-36-30(34-26-8-6-5-7-25(26)31(36)37)29-16-22-15-24(32)11-12-28(22)38-29/h5-17H,1-4H3. The minimum absolute atomic E-state index is 0.274. The second-order valence-corrected chi connectivity index (χ2v) is 10.00. The van der Waals surface area contributed by atoms with Crippen molar-refractivity contribution in [2.75, 3.05) is 0 Å². The Morgan fingerprint density at radius 2 is 1.76 bits per heavy atom. The molecule has 38 heavy (non-hydrogen) atoms. The molecule has 7 heteroatoms. The highest BCUT2D eigenvalue weighted by Gasteiger charge is 2.17. The number of aromatic nitrogens is 3. The lowest BCUT2D eigenvalue weighted by molar-refractivity contribution is 0.616. The third-order valence-electron chi connectivity index (χ3n) is 6.84. The largest absolute Gasteiger partial charge is 0.453 e. The number of benzene rings is 3. The number of hydrogen-bond donors (Lipinski definition) is 0. The fraction of sp³-hybridized carbons (Fsp3) is 0.129. The number of hydrogen-bond acceptors (Lipinski definition) is 4. The normalized spacial score (nSPS) is 11.8. The maximum atomic E-state index is 13.6. The summed E-state index contributed by atoms with van der Waals surface area (Å²) in [6.45, 7) is 8.32. The smallest absolute Gasteiger partial charge is 0.282 e. The zero-order valence-corrected chi connectivity index (χ0v) is 22.2. The number of halogens is 1. The van der Waals surface area contributed by atoms with E-state index in [0.717, 1.165) is 28.0 Å². The van der Waals surface area contributed by atoms with Crippen LogP contribution in [0.4, 0.5) is 0 Å². The fourth-order valence-corrected chi connectivity index (χ4v) is 5.06. The van der Waals surface area contributed by atoms with Crippen LogP contribution in [0.15, 0.2) is 87.1 Å². The van der Waals surface area contributed by atoms with Gasteiger partial charge in [0, 0.05) is 33.0 Å². The number of furan rings is 1. The van der Waals surface area contributed by atoms with Crippen LogP contribution < -0.4 is 5.56 Å². The highest BCUT2D eigenvalue weighted by atomic mass is 35.5. The van der Waals surface area contributed by atoms with Gasteiger partial charge in [0.2, 0.25) is 5.82 Å². The molecule has 0 unspecified atom stereocenters. The molecule has 0 aliphatic rings. The Morgan fingerprint density at radius 1 is 0.947 bits per heavy atom. The summed E-state index contributed by atoms with van der Waals surface area (Å²) in [5.74, 6) is 0.753. The van der Waals surface area contributed by atoms with Crippen LogP contribution in [-0.4, -0.2) is 20.4 Å². The molecule has 6 nitrogen and oxygen atoms in total. The lowest BCUT2D eigenvalue weighted by atomic mass is 10.1. The van der Waals surface area contributed by atoms with E-state index in [1.807, 2.05) is 30.3 Å². The van der Waals surface area contributed by atoms with Crippen LogP contribution in [0.1, 0.15) is 28.1 Å². The first kappa shape index (κ1) is 23.9. The van der Waals surface area contributed by atoms with Crippen LogP contribution in [0.3, 0.4) is 0 Å². The molecule has 3 aromatic carbocycles. The van der Waals surface area contributed by atoms with E-state index in [-0.39, 0.29) is 5.56 Å². The van der Waals surface area contributed by atoms with E-state index >= 15 is 0 Å². The van der Waals surface area contributed by atoms with Crippen molar-refractivity contribution in [3.8, 4) is 17.3 Å². The Labute approximate surface area is 224 Å². The van der Waals surface area contributed by atoms with Gasteiger partial charge >= 0.3 is 0 Å². The minimum atomic E-state index is -0.274. The Bertz CT molecular complexity index is 1960. The number of rotatable bonds is 4. The van der Waals surface area contributed by atoms with Gasteiger partial charge in [0.15, 0.2) is 5.76 Å². The van der Waals surface area contributed by atoms with E-state index < -0.39 is 0 Å². The molecule has 188 valence electrons. The molecule has 0 bridgehead atoms. The highest BCUT2D eigenvalue weighted by Crippen LogP contribution is 2.29. The van der Waals surface area contributed by atoms with Gasteiger partial charge in [-0.2, -0.15) is 9.78 Å². The van der Waals surface area contributed by atoms with Crippen LogP contribution in [0.2, 0.25) is 5.02 Å². The number of aryl methyl sites for hydroxylation is 3. The van der Waals surface area contributed by atoms with Crippen molar-refractivity contribution in [2.45, 2.75) is 27.7 Å². The van der Waals surface area contributed by atoms with Crippen molar-refractivity contribution in [3.63, 3.8) is 0 Å². The molecule has 0 atom stereocenters. The van der Waals surface area contributed by atoms with E-state index in [9.17, 15) is 4.79 Å². The second-order valence-electron chi connectivity index (χ2n) is 9.56. The summed E-state index contributed by atoms with van der Waals surface area (Å²) in [5.41, 5.74) is 7.48. The SMILES string of the molecule is Cc1ccc(C)c(-n2c(C)cc(C=Nn3c(-c4cc5cc(Cl)ccc5o4)nc4ccccc4c3=O)c2C)c1. The molecule has 0 N–H and O–H groups in total. The second kappa shape index (κ2) is 9.15. The molecule has 3 aromatic heterocycles. The summed E-state index contributed by atoms with van der Waals surface area (Å²) < 4.78 is 9.60. The lowest BCUT2D eigenvalue weighted by Gasteiger charge is -2.13. The molecule has 6 rings (SSSR count). The van der Waals surface area contributed by atoms with E-state index in [0.29, 0.717) is 33.1 Å². The van der Waals surface area contributed by atoms with Gasteiger partial charge in [-0.1, -0.05) is 35.9 Å². The topological polar surface area (TPSA) is 65.3 Å². The van der Waals surface area contributed by atoms with Crippen molar-refractivity contribution < 1.29 is 4.42 Å². The molecule has 0 fully saturated rings. The number of nitrogens with zero attached hydrogens (tertiary/aromatic N) is 4. The van der Waals surface area contributed by atoms with Gasteiger partial charge in [-0.15, -0.1) is 0 Å². The third kappa shape index (κ3) is 4.03. The first-order valence-electron chi connectivity index (χ1n) is 12.3. The van der Waals surface area contributed by atoms with Crippen molar-refractivity contribution in [2.24, 2.45) is 5.10 Å².